The van der Waals surface area contributed by atoms with Gasteiger partial charge in [0.15, 0.2) is 0 Å². The highest BCUT2D eigenvalue weighted by Gasteiger charge is 2.31. The van der Waals surface area contributed by atoms with Crippen LogP contribution in [0.15, 0.2) is 12.1 Å². The van der Waals surface area contributed by atoms with Crippen LogP contribution >= 0.6 is 0 Å². The van der Waals surface area contributed by atoms with Crippen LogP contribution in [0.5, 0.6) is 11.5 Å². The number of hydrogen-bond donors (Lipinski definition) is 0. The molecule has 0 unspecified atom stereocenters. The molecule has 1 rings (SSSR count). The Balaban J connectivity index is 3.72. The molecular formula is C20H38O2Si2. The molecular weight excluding hydrogens is 328 g/mol. The lowest BCUT2D eigenvalue weighted by molar-refractivity contribution is 0.459. The maximum Gasteiger partial charge on any atom is 0.242 e. The van der Waals surface area contributed by atoms with Crippen molar-refractivity contribution >= 4 is 16.6 Å². The first-order valence-corrected chi connectivity index (χ1v) is 15.8. The standard InChI is InChI=1S/C20H38O2Si2/c1-19(2,3)15-13-16(20(4,5)6)18(22-24(10,11)12)17(14-15)21-23(7,8)9/h13-14H,1-12H3. The van der Waals surface area contributed by atoms with Crippen molar-refractivity contribution in [2.24, 2.45) is 0 Å². The minimum absolute atomic E-state index is 0.00773. The van der Waals surface area contributed by atoms with Crippen molar-refractivity contribution in [3.63, 3.8) is 0 Å². The molecule has 0 spiro atoms. The molecule has 0 aliphatic heterocycles. The van der Waals surface area contributed by atoms with E-state index in [1.807, 2.05) is 0 Å². The van der Waals surface area contributed by atoms with E-state index in [0.717, 1.165) is 11.5 Å². The molecule has 0 radical (unpaired) electrons. The fourth-order valence-corrected chi connectivity index (χ4v) is 4.04. The smallest absolute Gasteiger partial charge is 0.242 e. The first-order valence-electron chi connectivity index (χ1n) is 8.97. The highest BCUT2D eigenvalue weighted by Crippen LogP contribution is 2.44. The Morgan fingerprint density at radius 1 is 0.667 bits per heavy atom. The van der Waals surface area contributed by atoms with Crippen LogP contribution in [0, 0.1) is 0 Å². The van der Waals surface area contributed by atoms with Gasteiger partial charge in [-0.25, -0.2) is 0 Å². The van der Waals surface area contributed by atoms with Crippen LogP contribution in [0.2, 0.25) is 39.3 Å². The van der Waals surface area contributed by atoms with E-state index >= 15 is 0 Å². The van der Waals surface area contributed by atoms with Crippen molar-refractivity contribution in [1.82, 2.24) is 0 Å². The van der Waals surface area contributed by atoms with Gasteiger partial charge in [-0.3, -0.25) is 0 Å². The second-order valence-electron chi connectivity index (χ2n) is 10.8. The summed E-state index contributed by atoms with van der Waals surface area (Å²) < 4.78 is 13.0. The molecule has 0 amide bonds. The van der Waals surface area contributed by atoms with Crippen molar-refractivity contribution < 1.29 is 8.85 Å². The molecule has 138 valence electrons. The van der Waals surface area contributed by atoms with Gasteiger partial charge in [-0.05, 0) is 61.7 Å². The number of hydrogen-bond acceptors (Lipinski definition) is 2. The van der Waals surface area contributed by atoms with E-state index < -0.39 is 16.6 Å². The molecule has 1 aromatic rings. The van der Waals surface area contributed by atoms with Gasteiger partial charge < -0.3 is 8.85 Å². The fraction of sp³-hybridized carbons (Fsp3) is 0.700. The summed E-state index contributed by atoms with van der Waals surface area (Å²) in [5.41, 5.74) is 2.65. The molecule has 4 heteroatoms. The molecule has 0 saturated heterocycles. The molecule has 0 aromatic heterocycles. The van der Waals surface area contributed by atoms with Gasteiger partial charge in [-0.15, -0.1) is 0 Å². The molecule has 0 heterocycles. The first-order chi connectivity index (χ1) is 10.4. The van der Waals surface area contributed by atoms with E-state index in [2.05, 4.69) is 93.0 Å². The van der Waals surface area contributed by atoms with Gasteiger partial charge in [0.2, 0.25) is 16.6 Å². The molecule has 2 nitrogen and oxygen atoms in total. The normalized spacial score (nSPS) is 13.8. The quantitative estimate of drug-likeness (QED) is 0.551. The van der Waals surface area contributed by atoms with Gasteiger partial charge in [-0.1, -0.05) is 47.6 Å². The summed E-state index contributed by atoms with van der Waals surface area (Å²) in [4.78, 5) is 0. The van der Waals surface area contributed by atoms with Crippen molar-refractivity contribution in [3.05, 3.63) is 23.3 Å². The predicted molar refractivity (Wildman–Crippen MR) is 112 cm³/mol. The molecule has 0 atom stereocenters. The Kier molecular flexibility index (Phi) is 5.79. The van der Waals surface area contributed by atoms with Gasteiger partial charge >= 0.3 is 0 Å². The SMILES string of the molecule is CC(C)(C)c1cc(O[Si](C)(C)C)c(O[Si](C)(C)C)c(C(C)(C)C)c1. The second-order valence-corrected chi connectivity index (χ2v) is 19.6. The topological polar surface area (TPSA) is 18.5 Å². The maximum absolute atomic E-state index is 6.54. The summed E-state index contributed by atoms with van der Waals surface area (Å²) in [6.45, 7) is 26.9. The summed E-state index contributed by atoms with van der Waals surface area (Å²) in [6, 6.07) is 4.54. The molecule has 24 heavy (non-hydrogen) atoms. The zero-order valence-electron chi connectivity index (χ0n) is 18.0. The third kappa shape index (κ3) is 6.28. The van der Waals surface area contributed by atoms with E-state index in [1.54, 1.807) is 0 Å². The van der Waals surface area contributed by atoms with Crippen molar-refractivity contribution in [2.75, 3.05) is 0 Å². The third-order valence-electron chi connectivity index (χ3n) is 3.55. The first kappa shape index (κ1) is 21.3. The monoisotopic (exact) mass is 366 g/mol. The molecule has 0 N–H and O–H groups in total. The lowest BCUT2D eigenvalue weighted by Gasteiger charge is -2.33. The Bertz CT molecular complexity index is 580. The van der Waals surface area contributed by atoms with Crippen molar-refractivity contribution in [1.29, 1.82) is 0 Å². The second kappa shape index (κ2) is 6.52. The zero-order valence-corrected chi connectivity index (χ0v) is 20.0. The Morgan fingerprint density at radius 3 is 1.46 bits per heavy atom. The van der Waals surface area contributed by atoms with Crippen LogP contribution in [0.4, 0.5) is 0 Å². The Labute approximate surface area is 152 Å². The molecule has 0 saturated carbocycles. The Morgan fingerprint density at radius 2 is 1.12 bits per heavy atom. The van der Waals surface area contributed by atoms with Gasteiger partial charge in [0.05, 0.1) is 0 Å². The van der Waals surface area contributed by atoms with Crippen LogP contribution < -0.4 is 8.85 Å². The van der Waals surface area contributed by atoms with E-state index in [9.17, 15) is 0 Å². The van der Waals surface area contributed by atoms with E-state index in [-0.39, 0.29) is 10.8 Å². The molecule has 0 aliphatic carbocycles. The lowest BCUT2D eigenvalue weighted by Crippen LogP contribution is -2.34. The molecule has 0 aliphatic rings. The largest absolute Gasteiger partial charge is 0.542 e. The minimum Gasteiger partial charge on any atom is -0.542 e. The fourth-order valence-electron chi connectivity index (χ4n) is 2.41. The van der Waals surface area contributed by atoms with E-state index in [1.165, 1.54) is 11.1 Å². The summed E-state index contributed by atoms with van der Waals surface area (Å²) in [6.07, 6.45) is 0. The van der Waals surface area contributed by atoms with Gasteiger partial charge in [0.25, 0.3) is 0 Å². The van der Waals surface area contributed by atoms with Crippen molar-refractivity contribution in [3.8, 4) is 11.5 Å². The number of rotatable bonds is 4. The zero-order chi connectivity index (χ0) is 19.1. The van der Waals surface area contributed by atoms with Crippen LogP contribution in [0.3, 0.4) is 0 Å². The van der Waals surface area contributed by atoms with Crippen molar-refractivity contribution in [2.45, 2.75) is 91.7 Å². The summed E-state index contributed by atoms with van der Waals surface area (Å²) in [7, 11) is -3.48. The summed E-state index contributed by atoms with van der Waals surface area (Å²) in [5, 5.41) is 0. The summed E-state index contributed by atoms with van der Waals surface area (Å²) in [5.74, 6) is 1.91. The highest BCUT2D eigenvalue weighted by atomic mass is 28.4. The van der Waals surface area contributed by atoms with Crippen LogP contribution in [-0.2, 0) is 10.8 Å². The number of benzene rings is 1. The molecule has 0 bridgehead atoms. The molecule has 1 aromatic carbocycles. The third-order valence-corrected chi connectivity index (χ3v) is 5.20. The van der Waals surface area contributed by atoms with Crippen LogP contribution in [0.1, 0.15) is 52.7 Å². The highest BCUT2D eigenvalue weighted by molar-refractivity contribution is 6.71. The van der Waals surface area contributed by atoms with Crippen LogP contribution in [-0.4, -0.2) is 16.6 Å². The minimum atomic E-state index is -1.74. The summed E-state index contributed by atoms with van der Waals surface area (Å²) >= 11 is 0. The van der Waals surface area contributed by atoms with E-state index in [0.29, 0.717) is 0 Å². The molecule has 0 fully saturated rings. The average Bonchev–Trinajstić information content (AvgIpc) is 2.24. The van der Waals surface area contributed by atoms with Crippen LogP contribution in [0.25, 0.3) is 0 Å². The van der Waals surface area contributed by atoms with Gasteiger partial charge in [0, 0.05) is 5.56 Å². The average molecular weight is 367 g/mol. The lowest BCUT2D eigenvalue weighted by atomic mass is 9.80. The van der Waals surface area contributed by atoms with E-state index in [4.69, 9.17) is 8.85 Å². The predicted octanol–water partition coefficient (Wildman–Crippen LogP) is 6.71. The Hall–Kier alpha value is -0.746. The van der Waals surface area contributed by atoms with Gasteiger partial charge in [-0.2, -0.15) is 0 Å². The van der Waals surface area contributed by atoms with Gasteiger partial charge in [0.1, 0.15) is 11.5 Å². The maximum atomic E-state index is 6.54.